The van der Waals surface area contributed by atoms with E-state index in [1.54, 1.807) is 18.3 Å². The van der Waals surface area contributed by atoms with Crippen molar-refractivity contribution in [3.63, 3.8) is 0 Å². The third kappa shape index (κ3) is 4.64. The van der Waals surface area contributed by atoms with Crippen LogP contribution in [0.5, 0.6) is 11.8 Å². The molecule has 2 atom stereocenters. The Bertz CT molecular complexity index is 1640. The third-order valence-corrected chi connectivity index (χ3v) is 9.74. The van der Waals surface area contributed by atoms with Crippen LogP contribution in [0.3, 0.4) is 0 Å². The number of pyridine rings is 1. The first kappa shape index (κ1) is 27.3. The fraction of sp³-hybridized carbons (Fsp3) is 0.471. The number of ether oxygens (including phenoxy) is 1. The van der Waals surface area contributed by atoms with Gasteiger partial charge in [0.25, 0.3) is 0 Å². The van der Waals surface area contributed by atoms with Crippen molar-refractivity contribution in [1.82, 2.24) is 19.9 Å². The standard InChI is InChI=1S/C34H39FN5O2/c1-3-23-10-8-11-24-18-25(41)19-26(28(23)24)30-29(35)31-27(20-36-30)32(39-15-6-4-5-7-16-39)38-33(37-31)42-21-34-13-9-17-40(34)22(2)12-14-34/h8,10-11,18-20,22,41H,2-7,9,12-17,21H2,1H3/t22-,34-/m0/s1. The fourth-order valence-corrected chi connectivity index (χ4v) is 7.58. The summed E-state index contributed by atoms with van der Waals surface area (Å²) in [7, 11) is 0. The van der Waals surface area contributed by atoms with Gasteiger partial charge in [0.05, 0.1) is 10.9 Å². The molecule has 8 heteroatoms. The van der Waals surface area contributed by atoms with Gasteiger partial charge >= 0.3 is 6.01 Å². The number of nitrogens with zero attached hydrogens (tertiary/aromatic N) is 5. The molecule has 0 unspecified atom stereocenters. The molecule has 2 aromatic carbocycles. The number of aromatic nitrogens is 3. The van der Waals surface area contributed by atoms with Gasteiger partial charge in [0.15, 0.2) is 5.82 Å². The van der Waals surface area contributed by atoms with Crippen molar-refractivity contribution in [1.29, 1.82) is 0 Å². The van der Waals surface area contributed by atoms with Crippen LogP contribution in [0.4, 0.5) is 10.2 Å². The lowest BCUT2D eigenvalue weighted by Crippen LogP contribution is -2.46. The van der Waals surface area contributed by atoms with E-state index < -0.39 is 5.82 Å². The number of aromatic hydroxyl groups is 1. The molecule has 3 saturated heterocycles. The lowest BCUT2D eigenvalue weighted by Gasteiger charge is -2.33. The minimum absolute atomic E-state index is 0.0491. The lowest BCUT2D eigenvalue weighted by molar-refractivity contribution is 0.0941. The van der Waals surface area contributed by atoms with E-state index in [9.17, 15) is 5.11 Å². The molecule has 1 N–H and O–H groups in total. The Labute approximate surface area is 246 Å². The number of aryl methyl sites for hydroxylation is 1. The van der Waals surface area contributed by atoms with E-state index in [2.05, 4.69) is 28.6 Å². The molecule has 4 aromatic rings. The Morgan fingerprint density at radius 1 is 1.07 bits per heavy atom. The quantitative estimate of drug-likeness (QED) is 0.273. The average molecular weight is 569 g/mol. The van der Waals surface area contributed by atoms with Gasteiger partial charge in [-0.05, 0) is 86.9 Å². The van der Waals surface area contributed by atoms with Crippen LogP contribution in [-0.4, -0.2) is 62.8 Å². The zero-order chi connectivity index (χ0) is 28.8. The second kappa shape index (κ2) is 11.0. The molecule has 0 aliphatic carbocycles. The van der Waals surface area contributed by atoms with Gasteiger partial charge in [-0.2, -0.15) is 9.97 Å². The molecule has 42 heavy (non-hydrogen) atoms. The molecule has 3 aliphatic rings. The molecular weight excluding hydrogens is 529 g/mol. The number of hydrogen-bond donors (Lipinski definition) is 1. The van der Waals surface area contributed by atoms with Crippen molar-refractivity contribution in [3.05, 3.63) is 54.8 Å². The van der Waals surface area contributed by atoms with Gasteiger partial charge in [-0.15, -0.1) is 0 Å². The summed E-state index contributed by atoms with van der Waals surface area (Å²) in [6.07, 6.45) is 11.3. The number of anilines is 1. The van der Waals surface area contributed by atoms with Crippen LogP contribution in [0.2, 0.25) is 0 Å². The smallest absolute Gasteiger partial charge is 0.319 e. The maximum atomic E-state index is 16.7. The molecule has 7 rings (SSSR count). The molecule has 0 bridgehead atoms. The van der Waals surface area contributed by atoms with Gasteiger partial charge in [0.1, 0.15) is 29.4 Å². The van der Waals surface area contributed by atoms with E-state index in [0.29, 0.717) is 29.4 Å². The maximum absolute atomic E-state index is 16.7. The van der Waals surface area contributed by atoms with E-state index in [0.717, 1.165) is 80.9 Å². The lowest BCUT2D eigenvalue weighted by atomic mass is 9.95. The van der Waals surface area contributed by atoms with Gasteiger partial charge in [-0.3, -0.25) is 9.88 Å². The fourth-order valence-electron chi connectivity index (χ4n) is 7.58. The predicted molar refractivity (Wildman–Crippen MR) is 165 cm³/mol. The minimum Gasteiger partial charge on any atom is -0.508 e. The molecule has 0 amide bonds. The summed E-state index contributed by atoms with van der Waals surface area (Å²) in [6.45, 7) is 9.65. The van der Waals surface area contributed by atoms with Crippen LogP contribution >= 0.6 is 0 Å². The number of halogens is 1. The minimum atomic E-state index is -0.520. The molecule has 219 valence electrons. The van der Waals surface area contributed by atoms with E-state index in [-0.39, 0.29) is 28.5 Å². The van der Waals surface area contributed by atoms with Crippen LogP contribution in [0.1, 0.15) is 63.9 Å². The number of phenolic OH excluding ortho intramolecular Hbond substituents is 1. The molecule has 7 nitrogen and oxygen atoms in total. The Hall–Kier alpha value is -3.52. The first-order chi connectivity index (χ1) is 20.5. The van der Waals surface area contributed by atoms with E-state index in [4.69, 9.17) is 14.7 Å². The summed E-state index contributed by atoms with van der Waals surface area (Å²) >= 11 is 0. The predicted octanol–water partition coefficient (Wildman–Crippen LogP) is 6.84. The van der Waals surface area contributed by atoms with Gasteiger partial charge < -0.3 is 14.7 Å². The molecule has 0 spiro atoms. The monoisotopic (exact) mass is 568 g/mol. The van der Waals surface area contributed by atoms with Gasteiger partial charge in [0, 0.05) is 30.9 Å². The molecule has 3 aliphatic heterocycles. The number of benzene rings is 2. The van der Waals surface area contributed by atoms with E-state index >= 15 is 4.39 Å². The number of rotatable bonds is 6. The molecular formula is C34H39FN5O2. The van der Waals surface area contributed by atoms with Crippen LogP contribution in [0.15, 0.2) is 36.5 Å². The van der Waals surface area contributed by atoms with Gasteiger partial charge in [-0.1, -0.05) is 38.0 Å². The van der Waals surface area contributed by atoms with Crippen molar-refractivity contribution < 1.29 is 14.2 Å². The SMILES string of the molecule is [CH2][C@H]1CC[C@]2(COc3nc(N4CCCCCC4)c4cnc(-c5cc(O)cc6cccc(CC)c56)c(F)c4n3)CCCN12. The average Bonchev–Trinajstić information content (AvgIpc) is 3.42. The zero-order valence-electron chi connectivity index (χ0n) is 24.4. The van der Waals surface area contributed by atoms with Crippen LogP contribution in [0, 0.1) is 12.7 Å². The molecule has 3 fully saturated rings. The van der Waals surface area contributed by atoms with Crippen LogP contribution in [-0.2, 0) is 6.42 Å². The van der Waals surface area contributed by atoms with Crippen molar-refractivity contribution >= 4 is 27.5 Å². The number of phenols is 1. The topological polar surface area (TPSA) is 74.6 Å². The number of hydrogen-bond acceptors (Lipinski definition) is 7. The van der Waals surface area contributed by atoms with Gasteiger partial charge in [-0.25, -0.2) is 4.39 Å². The molecule has 2 aromatic heterocycles. The van der Waals surface area contributed by atoms with E-state index in [1.165, 1.54) is 12.8 Å². The van der Waals surface area contributed by atoms with Crippen molar-refractivity contribution in [2.75, 3.05) is 31.1 Å². The van der Waals surface area contributed by atoms with Gasteiger partial charge in [0.2, 0.25) is 0 Å². The summed E-state index contributed by atoms with van der Waals surface area (Å²) < 4.78 is 23.1. The Morgan fingerprint density at radius 2 is 1.90 bits per heavy atom. The summed E-state index contributed by atoms with van der Waals surface area (Å²) in [5.74, 6) is 0.241. The third-order valence-electron chi connectivity index (χ3n) is 9.74. The highest BCUT2D eigenvalue weighted by molar-refractivity contribution is 6.01. The molecule has 1 radical (unpaired) electrons. The molecule has 0 saturated carbocycles. The van der Waals surface area contributed by atoms with Crippen molar-refractivity contribution in [2.45, 2.75) is 76.3 Å². The highest BCUT2D eigenvalue weighted by Crippen LogP contribution is 2.43. The van der Waals surface area contributed by atoms with Crippen molar-refractivity contribution in [3.8, 4) is 23.0 Å². The maximum Gasteiger partial charge on any atom is 0.319 e. The highest BCUT2D eigenvalue weighted by atomic mass is 19.1. The van der Waals surface area contributed by atoms with Crippen molar-refractivity contribution in [2.24, 2.45) is 0 Å². The zero-order valence-corrected chi connectivity index (χ0v) is 24.4. The summed E-state index contributed by atoms with van der Waals surface area (Å²) in [4.78, 5) is 19.0. The van der Waals surface area contributed by atoms with Crippen LogP contribution < -0.4 is 9.64 Å². The number of fused-ring (bicyclic) bond motifs is 3. The van der Waals surface area contributed by atoms with E-state index in [1.807, 2.05) is 18.2 Å². The molecule has 5 heterocycles. The Balaban J connectivity index is 1.36. The Morgan fingerprint density at radius 3 is 2.71 bits per heavy atom. The first-order valence-corrected chi connectivity index (χ1v) is 15.6. The summed E-state index contributed by atoms with van der Waals surface area (Å²) in [5.41, 5.74) is 1.96. The normalized spacial score (nSPS) is 23.0. The van der Waals surface area contributed by atoms with Crippen LogP contribution in [0.25, 0.3) is 32.9 Å². The second-order valence-corrected chi connectivity index (χ2v) is 12.3. The summed E-state index contributed by atoms with van der Waals surface area (Å²) in [6, 6.07) is 9.78. The second-order valence-electron chi connectivity index (χ2n) is 12.3. The Kier molecular flexibility index (Phi) is 7.13. The summed E-state index contributed by atoms with van der Waals surface area (Å²) in [5, 5.41) is 12.9. The largest absolute Gasteiger partial charge is 0.508 e. The first-order valence-electron chi connectivity index (χ1n) is 15.6. The highest BCUT2D eigenvalue weighted by Gasteiger charge is 2.48.